The minimum absolute atomic E-state index is 0.388. The van der Waals surface area contributed by atoms with E-state index < -0.39 is 0 Å². The number of nitrogens with one attached hydrogen (secondary N) is 1. The van der Waals surface area contributed by atoms with E-state index in [2.05, 4.69) is 46.4 Å². The fourth-order valence-corrected chi connectivity index (χ4v) is 3.04. The van der Waals surface area contributed by atoms with E-state index in [4.69, 9.17) is 4.74 Å². The number of halogens is 1. The smallest absolute Gasteiger partial charge is 0.0470 e. The molecule has 2 nitrogen and oxygen atoms in total. The maximum absolute atomic E-state index is 5.04. The summed E-state index contributed by atoms with van der Waals surface area (Å²) in [5.74, 6) is 1.09. The van der Waals surface area contributed by atoms with E-state index in [0.717, 1.165) is 18.8 Å². The van der Waals surface area contributed by atoms with Crippen LogP contribution < -0.4 is 5.32 Å². The van der Waals surface area contributed by atoms with Crippen LogP contribution in [0.25, 0.3) is 0 Å². The van der Waals surface area contributed by atoms with Crippen molar-refractivity contribution in [3.8, 4) is 0 Å². The number of hydrogen-bond acceptors (Lipinski definition) is 3. The summed E-state index contributed by atoms with van der Waals surface area (Å²) in [6.07, 6.45) is 1.09. The van der Waals surface area contributed by atoms with Crippen LogP contribution in [-0.2, 0) is 4.74 Å². The van der Waals surface area contributed by atoms with E-state index in [1.165, 1.54) is 14.9 Å². The van der Waals surface area contributed by atoms with Gasteiger partial charge in [0.2, 0.25) is 0 Å². The molecule has 0 amide bonds. The molecule has 4 heteroatoms. The molecule has 0 bridgehead atoms. The predicted molar refractivity (Wildman–Crippen MR) is 78.8 cm³/mol. The Morgan fingerprint density at radius 1 is 1.47 bits per heavy atom. The normalized spacial score (nSPS) is 12.7. The molecule has 0 saturated carbocycles. The average Bonchev–Trinajstić information content (AvgIpc) is 2.35. The lowest BCUT2D eigenvalue weighted by atomic mass is 10.1. The van der Waals surface area contributed by atoms with Gasteiger partial charge in [0.15, 0.2) is 0 Å². The summed E-state index contributed by atoms with van der Waals surface area (Å²) in [6, 6.07) is 6.95. The Labute approximate surface area is 117 Å². The van der Waals surface area contributed by atoms with Crippen molar-refractivity contribution in [1.82, 2.24) is 5.32 Å². The molecule has 1 aromatic carbocycles. The Kier molecular flexibility index (Phi) is 7.19. The minimum atomic E-state index is 0.388. The van der Waals surface area contributed by atoms with Gasteiger partial charge in [0.25, 0.3) is 0 Å². The van der Waals surface area contributed by atoms with Crippen molar-refractivity contribution in [1.29, 1.82) is 0 Å². The van der Waals surface area contributed by atoms with Crippen LogP contribution in [0.15, 0.2) is 27.6 Å². The van der Waals surface area contributed by atoms with Crippen LogP contribution in [0.1, 0.15) is 24.9 Å². The lowest BCUT2D eigenvalue weighted by Crippen LogP contribution is -2.12. The number of hydrogen-bond donors (Lipinski definition) is 1. The van der Waals surface area contributed by atoms with Gasteiger partial charge in [-0.25, -0.2) is 0 Å². The third-order valence-corrected chi connectivity index (χ3v) is 4.72. The molecule has 1 unspecified atom stereocenters. The van der Waals surface area contributed by atoms with E-state index >= 15 is 0 Å². The van der Waals surface area contributed by atoms with Gasteiger partial charge in [-0.2, -0.15) is 0 Å². The van der Waals surface area contributed by atoms with Crippen LogP contribution >= 0.6 is 27.7 Å². The first-order valence-electron chi connectivity index (χ1n) is 5.77. The highest BCUT2D eigenvalue weighted by Gasteiger charge is 2.06. The predicted octanol–water partition coefficient (Wildman–Crippen LogP) is 3.86. The summed E-state index contributed by atoms with van der Waals surface area (Å²) in [5.41, 5.74) is 1.31. The van der Waals surface area contributed by atoms with Crippen LogP contribution in [0.3, 0.4) is 0 Å². The first kappa shape index (κ1) is 15.0. The molecule has 96 valence electrons. The summed E-state index contributed by atoms with van der Waals surface area (Å²) in [4.78, 5) is 1.30. The first-order chi connectivity index (χ1) is 8.19. The first-order valence-corrected chi connectivity index (χ1v) is 7.55. The molecule has 0 spiro atoms. The lowest BCUT2D eigenvalue weighted by molar-refractivity contribution is 0.200. The molecule has 0 aliphatic rings. The highest BCUT2D eigenvalue weighted by Crippen LogP contribution is 2.30. The topological polar surface area (TPSA) is 21.3 Å². The van der Waals surface area contributed by atoms with Gasteiger partial charge < -0.3 is 10.1 Å². The Balaban J connectivity index is 2.57. The van der Waals surface area contributed by atoms with Gasteiger partial charge in [-0.15, -0.1) is 11.8 Å². The third kappa shape index (κ3) is 5.00. The summed E-state index contributed by atoms with van der Waals surface area (Å²) in [6.45, 7) is 2.99. The molecular formula is C13H20BrNOS. The van der Waals surface area contributed by atoms with E-state index in [9.17, 15) is 0 Å². The molecule has 1 aromatic rings. The zero-order valence-electron chi connectivity index (χ0n) is 10.6. The SMILES string of the molecule is CNC(C)c1ccc(SCCCOC)c(Br)c1. The van der Waals surface area contributed by atoms with Crippen molar-refractivity contribution in [2.24, 2.45) is 0 Å². The summed E-state index contributed by atoms with van der Waals surface area (Å²) in [7, 11) is 3.72. The highest BCUT2D eigenvalue weighted by atomic mass is 79.9. The lowest BCUT2D eigenvalue weighted by Gasteiger charge is -2.12. The van der Waals surface area contributed by atoms with Gasteiger partial charge in [0.05, 0.1) is 0 Å². The molecule has 0 aliphatic heterocycles. The number of ether oxygens (including phenoxy) is 1. The molecule has 0 aliphatic carbocycles. The van der Waals surface area contributed by atoms with Gasteiger partial charge >= 0.3 is 0 Å². The second kappa shape index (κ2) is 8.14. The standard InChI is InChI=1S/C13H20BrNOS/c1-10(15-2)11-5-6-13(12(14)9-11)17-8-4-7-16-3/h5-6,9-10,15H,4,7-8H2,1-3H3. The van der Waals surface area contributed by atoms with Gasteiger partial charge in [0, 0.05) is 34.9 Å². The summed E-state index contributed by atoms with van der Waals surface area (Å²) < 4.78 is 6.22. The zero-order valence-corrected chi connectivity index (χ0v) is 13.0. The van der Waals surface area contributed by atoms with Crippen LogP contribution in [0.5, 0.6) is 0 Å². The van der Waals surface area contributed by atoms with E-state index in [1.807, 2.05) is 18.8 Å². The third-order valence-electron chi connectivity index (χ3n) is 2.64. The zero-order chi connectivity index (χ0) is 12.7. The summed E-state index contributed by atoms with van der Waals surface area (Å²) >= 11 is 5.50. The van der Waals surface area contributed by atoms with Crippen molar-refractivity contribution in [2.45, 2.75) is 24.3 Å². The molecule has 1 atom stereocenters. The quantitative estimate of drug-likeness (QED) is 0.609. The fourth-order valence-electron chi connectivity index (χ4n) is 1.46. The van der Waals surface area contributed by atoms with Gasteiger partial charge in [-0.05, 0) is 54.0 Å². The molecular weight excluding hydrogens is 298 g/mol. The molecule has 1 rings (SSSR count). The van der Waals surface area contributed by atoms with Gasteiger partial charge in [-0.3, -0.25) is 0 Å². The number of thioether (sulfide) groups is 1. The van der Waals surface area contributed by atoms with Crippen LogP contribution in [0, 0.1) is 0 Å². The van der Waals surface area contributed by atoms with Crippen LogP contribution in [0.2, 0.25) is 0 Å². The van der Waals surface area contributed by atoms with Crippen LogP contribution in [0.4, 0.5) is 0 Å². The molecule has 0 fully saturated rings. The summed E-state index contributed by atoms with van der Waals surface area (Å²) in [5, 5.41) is 3.24. The molecule has 1 N–H and O–H groups in total. The maximum atomic E-state index is 5.04. The monoisotopic (exact) mass is 317 g/mol. The number of benzene rings is 1. The van der Waals surface area contributed by atoms with E-state index in [-0.39, 0.29) is 0 Å². The largest absolute Gasteiger partial charge is 0.385 e. The van der Waals surface area contributed by atoms with Crippen molar-refractivity contribution >= 4 is 27.7 Å². The second-order valence-electron chi connectivity index (χ2n) is 3.90. The Bertz CT molecular complexity index is 346. The molecule has 0 saturated heterocycles. The Morgan fingerprint density at radius 2 is 2.24 bits per heavy atom. The van der Waals surface area contributed by atoms with E-state index in [0.29, 0.717) is 6.04 Å². The van der Waals surface area contributed by atoms with Crippen molar-refractivity contribution < 1.29 is 4.74 Å². The van der Waals surface area contributed by atoms with Crippen molar-refractivity contribution in [3.05, 3.63) is 28.2 Å². The number of rotatable bonds is 7. The fraction of sp³-hybridized carbons (Fsp3) is 0.538. The second-order valence-corrected chi connectivity index (χ2v) is 5.89. The van der Waals surface area contributed by atoms with Crippen molar-refractivity contribution in [2.75, 3.05) is 26.5 Å². The average molecular weight is 318 g/mol. The highest BCUT2D eigenvalue weighted by molar-refractivity contribution is 9.10. The minimum Gasteiger partial charge on any atom is -0.385 e. The van der Waals surface area contributed by atoms with Gasteiger partial charge in [-0.1, -0.05) is 6.07 Å². The van der Waals surface area contributed by atoms with Gasteiger partial charge in [0.1, 0.15) is 0 Å². The number of methoxy groups -OCH3 is 1. The van der Waals surface area contributed by atoms with Crippen LogP contribution in [-0.4, -0.2) is 26.5 Å². The molecule has 0 radical (unpaired) electrons. The Hall–Kier alpha value is -0.0300. The maximum Gasteiger partial charge on any atom is 0.0470 e. The van der Waals surface area contributed by atoms with Crippen molar-refractivity contribution in [3.63, 3.8) is 0 Å². The molecule has 0 aromatic heterocycles. The molecule has 17 heavy (non-hydrogen) atoms. The van der Waals surface area contributed by atoms with E-state index in [1.54, 1.807) is 7.11 Å². The molecule has 0 heterocycles. The Morgan fingerprint density at radius 3 is 2.82 bits per heavy atom.